The summed E-state index contributed by atoms with van der Waals surface area (Å²) in [5.74, 6) is 0.631. The highest BCUT2D eigenvalue weighted by Gasteiger charge is 2.22. The third-order valence-corrected chi connectivity index (χ3v) is 4.57. The van der Waals surface area contributed by atoms with Gasteiger partial charge in [0.05, 0.1) is 10.7 Å². The minimum absolute atomic E-state index is 0.0104. The molecule has 0 aromatic heterocycles. The molecule has 0 unspecified atom stereocenters. The second kappa shape index (κ2) is 7.77. The van der Waals surface area contributed by atoms with E-state index in [-0.39, 0.29) is 12.5 Å². The van der Waals surface area contributed by atoms with Gasteiger partial charge in [-0.2, -0.15) is 0 Å². The molecule has 1 aliphatic rings. The van der Waals surface area contributed by atoms with Gasteiger partial charge in [0, 0.05) is 31.2 Å². The Morgan fingerprint density at radius 3 is 2.29 bits per heavy atom. The summed E-state index contributed by atoms with van der Waals surface area (Å²) in [6.07, 6.45) is 0. The molecule has 2 aromatic rings. The third kappa shape index (κ3) is 4.13. The number of halogens is 2. The molecule has 0 bridgehead atoms. The van der Waals surface area contributed by atoms with Crippen LogP contribution >= 0.6 is 23.2 Å². The first kappa shape index (κ1) is 16.9. The number of para-hydroxylation sites is 1. The maximum absolute atomic E-state index is 12.3. The van der Waals surface area contributed by atoms with Gasteiger partial charge >= 0.3 is 0 Å². The predicted octanol–water partition coefficient (Wildman–Crippen LogP) is 3.72. The lowest BCUT2D eigenvalue weighted by atomic mass is 10.2. The quantitative estimate of drug-likeness (QED) is 0.828. The number of amides is 1. The van der Waals surface area contributed by atoms with E-state index in [9.17, 15) is 4.79 Å². The molecule has 1 amide bonds. The number of rotatable bonds is 4. The summed E-state index contributed by atoms with van der Waals surface area (Å²) in [5.41, 5.74) is 1.02. The normalized spacial score (nSPS) is 14.6. The van der Waals surface area contributed by atoms with E-state index in [0.717, 1.165) is 23.8 Å². The zero-order chi connectivity index (χ0) is 16.9. The number of benzene rings is 2. The molecule has 126 valence electrons. The fourth-order valence-corrected chi connectivity index (χ4v) is 3.05. The number of hydrogen-bond donors (Lipinski definition) is 0. The molecule has 1 saturated heterocycles. The average Bonchev–Trinajstić information content (AvgIpc) is 2.61. The Kier molecular flexibility index (Phi) is 5.48. The molecule has 0 aliphatic carbocycles. The van der Waals surface area contributed by atoms with Crippen LogP contribution in [0.1, 0.15) is 0 Å². The Bertz CT molecular complexity index is 698. The van der Waals surface area contributed by atoms with E-state index in [1.165, 1.54) is 0 Å². The lowest BCUT2D eigenvalue weighted by molar-refractivity contribution is -0.133. The van der Waals surface area contributed by atoms with Gasteiger partial charge in [-0.1, -0.05) is 35.3 Å². The van der Waals surface area contributed by atoms with Crippen LogP contribution in [0.4, 0.5) is 5.69 Å². The molecule has 24 heavy (non-hydrogen) atoms. The molecule has 0 atom stereocenters. The molecule has 2 aromatic carbocycles. The van der Waals surface area contributed by atoms with Crippen LogP contribution in [0.15, 0.2) is 48.5 Å². The molecule has 1 fully saturated rings. The Hall–Kier alpha value is -1.91. The molecule has 0 spiro atoms. The minimum Gasteiger partial charge on any atom is -0.484 e. The van der Waals surface area contributed by atoms with E-state index in [1.807, 2.05) is 29.2 Å². The van der Waals surface area contributed by atoms with E-state index in [1.54, 1.807) is 24.3 Å². The van der Waals surface area contributed by atoms with E-state index in [4.69, 9.17) is 27.9 Å². The number of anilines is 1. The summed E-state index contributed by atoms with van der Waals surface area (Å²) in [7, 11) is 0. The molecule has 4 nitrogen and oxygen atoms in total. The molecule has 0 radical (unpaired) electrons. The number of carbonyl (C=O) groups excluding carboxylic acids is 1. The van der Waals surface area contributed by atoms with Gasteiger partial charge < -0.3 is 14.5 Å². The van der Waals surface area contributed by atoms with Crippen LogP contribution in [-0.4, -0.2) is 43.6 Å². The van der Waals surface area contributed by atoms with Crippen LogP contribution in [0.3, 0.4) is 0 Å². The van der Waals surface area contributed by atoms with Crippen molar-refractivity contribution in [2.45, 2.75) is 0 Å². The Morgan fingerprint density at radius 2 is 1.62 bits per heavy atom. The van der Waals surface area contributed by atoms with Crippen LogP contribution < -0.4 is 9.64 Å². The van der Waals surface area contributed by atoms with Gasteiger partial charge in [0.15, 0.2) is 6.61 Å². The van der Waals surface area contributed by atoms with E-state index in [2.05, 4.69) is 4.90 Å². The largest absolute Gasteiger partial charge is 0.484 e. The summed E-state index contributed by atoms with van der Waals surface area (Å²) in [6, 6.07) is 14.8. The molecule has 0 saturated carbocycles. The molecule has 1 aliphatic heterocycles. The summed E-state index contributed by atoms with van der Waals surface area (Å²) in [6.45, 7) is 2.88. The number of hydrogen-bond acceptors (Lipinski definition) is 3. The highest BCUT2D eigenvalue weighted by Crippen LogP contribution is 2.26. The molecule has 3 rings (SSSR count). The average molecular weight is 365 g/mol. The SMILES string of the molecule is O=C(COc1ccc(Cl)cc1)N1CCN(c2ccccc2Cl)CC1. The third-order valence-electron chi connectivity index (χ3n) is 4.00. The predicted molar refractivity (Wildman–Crippen MR) is 97.2 cm³/mol. The van der Waals surface area contributed by atoms with Gasteiger partial charge in [0.1, 0.15) is 5.75 Å². The van der Waals surface area contributed by atoms with Gasteiger partial charge in [-0.3, -0.25) is 4.79 Å². The number of nitrogens with zero attached hydrogens (tertiary/aromatic N) is 2. The van der Waals surface area contributed by atoms with Crippen molar-refractivity contribution in [3.8, 4) is 5.75 Å². The van der Waals surface area contributed by atoms with Crippen molar-refractivity contribution in [1.82, 2.24) is 4.90 Å². The van der Waals surface area contributed by atoms with Crippen molar-refractivity contribution in [2.75, 3.05) is 37.7 Å². The first-order chi connectivity index (χ1) is 11.6. The number of ether oxygens (including phenoxy) is 1. The van der Waals surface area contributed by atoms with Gasteiger partial charge in [-0.05, 0) is 36.4 Å². The fraction of sp³-hybridized carbons (Fsp3) is 0.278. The first-order valence-corrected chi connectivity index (χ1v) is 8.55. The Labute approximate surface area is 151 Å². The smallest absolute Gasteiger partial charge is 0.260 e. The Balaban J connectivity index is 1.50. The van der Waals surface area contributed by atoms with Crippen LogP contribution in [-0.2, 0) is 4.79 Å². The van der Waals surface area contributed by atoms with Gasteiger partial charge in [-0.25, -0.2) is 0 Å². The zero-order valence-electron chi connectivity index (χ0n) is 13.1. The van der Waals surface area contributed by atoms with Crippen molar-refractivity contribution in [1.29, 1.82) is 0 Å². The van der Waals surface area contributed by atoms with Crippen LogP contribution in [0.2, 0.25) is 10.0 Å². The molecule has 1 heterocycles. The first-order valence-electron chi connectivity index (χ1n) is 7.79. The van der Waals surface area contributed by atoms with Crippen LogP contribution in [0, 0.1) is 0 Å². The zero-order valence-corrected chi connectivity index (χ0v) is 14.6. The summed E-state index contributed by atoms with van der Waals surface area (Å²) in [4.78, 5) is 16.3. The highest BCUT2D eigenvalue weighted by molar-refractivity contribution is 6.33. The second-order valence-corrected chi connectivity index (χ2v) is 6.41. The van der Waals surface area contributed by atoms with Gasteiger partial charge in [0.25, 0.3) is 5.91 Å². The molecular formula is C18H18Cl2N2O2. The van der Waals surface area contributed by atoms with Gasteiger partial charge in [-0.15, -0.1) is 0 Å². The topological polar surface area (TPSA) is 32.8 Å². The van der Waals surface area contributed by atoms with E-state index >= 15 is 0 Å². The minimum atomic E-state index is -0.0104. The fourth-order valence-electron chi connectivity index (χ4n) is 2.67. The van der Waals surface area contributed by atoms with Crippen molar-refractivity contribution in [3.63, 3.8) is 0 Å². The lowest BCUT2D eigenvalue weighted by Crippen LogP contribution is -2.50. The van der Waals surface area contributed by atoms with Crippen molar-refractivity contribution in [2.24, 2.45) is 0 Å². The van der Waals surface area contributed by atoms with Crippen molar-refractivity contribution >= 4 is 34.8 Å². The van der Waals surface area contributed by atoms with Gasteiger partial charge in [0.2, 0.25) is 0 Å². The molecular weight excluding hydrogens is 347 g/mol. The maximum atomic E-state index is 12.3. The monoisotopic (exact) mass is 364 g/mol. The standard InChI is InChI=1S/C18H18Cl2N2O2/c19-14-5-7-15(8-6-14)24-13-18(23)22-11-9-21(10-12-22)17-4-2-1-3-16(17)20/h1-8H,9-13H2. The maximum Gasteiger partial charge on any atom is 0.260 e. The molecule has 6 heteroatoms. The molecule has 0 N–H and O–H groups in total. The number of carbonyl (C=O) groups is 1. The second-order valence-electron chi connectivity index (χ2n) is 5.56. The summed E-state index contributed by atoms with van der Waals surface area (Å²) >= 11 is 12.1. The Morgan fingerprint density at radius 1 is 0.958 bits per heavy atom. The van der Waals surface area contributed by atoms with Crippen molar-refractivity contribution < 1.29 is 9.53 Å². The summed E-state index contributed by atoms with van der Waals surface area (Å²) < 4.78 is 5.52. The van der Waals surface area contributed by atoms with Crippen LogP contribution in [0.5, 0.6) is 5.75 Å². The van der Waals surface area contributed by atoms with E-state index < -0.39 is 0 Å². The summed E-state index contributed by atoms with van der Waals surface area (Å²) in [5, 5.41) is 1.38. The highest BCUT2D eigenvalue weighted by atomic mass is 35.5. The van der Waals surface area contributed by atoms with Crippen molar-refractivity contribution in [3.05, 3.63) is 58.6 Å². The lowest BCUT2D eigenvalue weighted by Gasteiger charge is -2.36. The number of piperazine rings is 1. The van der Waals surface area contributed by atoms with Crippen LogP contribution in [0.25, 0.3) is 0 Å². The van der Waals surface area contributed by atoms with E-state index in [0.29, 0.717) is 23.9 Å².